The number of nitrogens with zero attached hydrogens (tertiary/aromatic N) is 2. The average Bonchev–Trinajstić information content (AvgIpc) is 2.67. The lowest BCUT2D eigenvalue weighted by molar-refractivity contribution is -0.132. The van der Waals surface area contributed by atoms with Crippen LogP contribution in [0.1, 0.15) is 22.3 Å². The van der Waals surface area contributed by atoms with E-state index in [-0.39, 0.29) is 11.8 Å². The van der Waals surface area contributed by atoms with Crippen molar-refractivity contribution in [1.82, 2.24) is 9.80 Å². The predicted molar refractivity (Wildman–Crippen MR) is 104 cm³/mol. The van der Waals surface area contributed by atoms with Crippen LogP contribution in [-0.4, -0.2) is 47.8 Å². The number of halogens is 2. The van der Waals surface area contributed by atoms with Crippen molar-refractivity contribution in [3.63, 3.8) is 0 Å². The molecule has 1 aliphatic rings. The molecule has 6 heteroatoms. The lowest BCUT2D eigenvalue weighted by Gasteiger charge is -2.35. The summed E-state index contributed by atoms with van der Waals surface area (Å²) in [5.41, 5.74) is 1.60. The minimum Gasteiger partial charge on any atom is -0.339 e. The van der Waals surface area contributed by atoms with E-state index < -0.39 is 0 Å². The molecule has 0 spiro atoms. The summed E-state index contributed by atoms with van der Waals surface area (Å²) in [7, 11) is 0. The van der Waals surface area contributed by atoms with Crippen LogP contribution in [0, 0.1) is 0 Å². The summed E-state index contributed by atoms with van der Waals surface area (Å²) >= 11 is 12.1. The number of rotatable bonds is 4. The number of piperazine rings is 1. The van der Waals surface area contributed by atoms with Gasteiger partial charge in [-0.15, -0.1) is 0 Å². The van der Waals surface area contributed by atoms with E-state index in [0.717, 1.165) is 5.56 Å². The van der Waals surface area contributed by atoms with E-state index in [1.807, 2.05) is 41.3 Å². The molecule has 136 valence electrons. The topological polar surface area (TPSA) is 40.6 Å². The summed E-state index contributed by atoms with van der Waals surface area (Å²) < 4.78 is 0. The molecule has 1 fully saturated rings. The first-order chi connectivity index (χ1) is 12.5. The summed E-state index contributed by atoms with van der Waals surface area (Å²) in [6, 6.07) is 14.6. The highest BCUT2D eigenvalue weighted by Crippen LogP contribution is 2.22. The Kier molecular flexibility index (Phi) is 6.17. The molecule has 0 N–H and O–H groups in total. The van der Waals surface area contributed by atoms with Crippen LogP contribution in [0.25, 0.3) is 0 Å². The predicted octanol–water partition coefficient (Wildman–Crippen LogP) is 3.91. The molecule has 0 unspecified atom stereocenters. The third-order valence-electron chi connectivity index (χ3n) is 4.56. The SMILES string of the molecule is O=C(CCc1ccc(Cl)cc1Cl)N1CCN(C(=O)c2ccccc2)CC1. The Morgan fingerprint density at radius 1 is 0.885 bits per heavy atom. The summed E-state index contributed by atoms with van der Waals surface area (Å²) in [5.74, 6) is 0.105. The maximum Gasteiger partial charge on any atom is 0.253 e. The van der Waals surface area contributed by atoms with Gasteiger partial charge in [0.05, 0.1) is 0 Å². The fraction of sp³-hybridized carbons (Fsp3) is 0.300. The summed E-state index contributed by atoms with van der Waals surface area (Å²) in [6.07, 6.45) is 0.978. The van der Waals surface area contributed by atoms with Gasteiger partial charge in [-0.1, -0.05) is 47.5 Å². The first-order valence-corrected chi connectivity index (χ1v) is 9.36. The van der Waals surface area contributed by atoms with Crippen LogP contribution in [0.4, 0.5) is 0 Å². The second-order valence-corrected chi connectivity index (χ2v) is 7.12. The zero-order valence-corrected chi connectivity index (χ0v) is 15.8. The molecule has 2 aromatic rings. The van der Waals surface area contributed by atoms with Crippen LogP contribution < -0.4 is 0 Å². The molecule has 2 amide bonds. The largest absolute Gasteiger partial charge is 0.339 e. The van der Waals surface area contributed by atoms with Crippen LogP contribution >= 0.6 is 23.2 Å². The highest BCUT2D eigenvalue weighted by molar-refractivity contribution is 6.35. The third kappa shape index (κ3) is 4.57. The quantitative estimate of drug-likeness (QED) is 0.793. The number of carbonyl (C=O) groups is 2. The summed E-state index contributed by atoms with van der Waals surface area (Å²) in [6.45, 7) is 2.24. The van der Waals surface area contributed by atoms with Gasteiger partial charge < -0.3 is 9.80 Å². The molecule has 0 radical (unpaired) electrons. The number of benzene rings is 2. The van der Waals surface area contributed by atoms with Crippen molar-refractivity contribution in [1.29, 1.82) is 0 Å². The van der Waals surface area contributed by atoms with E-state index in [9.17, 15) is 9.59 Å². The van der Waals surface area contributed by atoms with Gasteiger partial charge in [0.1, 0.15) is 0 Å². The first kappa shape index (κ1) is 18.7. The van der Waals surface area contributed by atoms with Gasteiger partial charge in [-0.25, -0.2) is 0 Å². The Bertz CT molecular complexity index is 788. The number of amides is 2. The molecule has 0 saturated carbocycles. The fourth-order valence-electron chi connectivity index (χ4n) is 3.05. The van der Waals surface area contributed by atoms with Gasteiger partial charge in [0.15, 0.2) is 0 Å². The van der Waals surface area contributed by atoms with Crippen molar-refractivity contribution < 1.29 is 9.59 Å². The minimum atomic E-state index is 0.0191. The van der Waals surface area contributed by atoms with Gasteiger partial charge in [-0.2, -0.15) is 0 Å². The van der Waals surface area contributed by atoms with Crippen molar-refractivity contribution in [2.45, 2.75) is 12.8 Å². The van der Waals surface area contributed by atoms with Gasteiger partial charge in [-0.05, 0) is 36.2 Å². The first-order valence-electron chi connectivity index (χ1n) is 8.60. The standard InChI is InChI=1S/C20H20Cl2N2O2/c21-17-8-6-15(18(22)14-17)7-9-19(25)23-10-12-24(13-11-23)20(26)16-4-2-1-3-5-16/h1-6,8,14H,7,9-13H2. The normalized spacial score (nSPS) is 14.4. The Morgan fingerprint density at radius 3 is 2.19 bits per heavy atom. The monoisotopic (exact) mass is 390 g/mol. The Morgan fingerprint density at radius 2 is 1.54 bits per heavy atom. The zero-order chi connectivity index (χ0) is 18.5. The van der Waals surface area contributed by atoms with E-state index in [4.69, 9.17) is 23.2 Å². The average molecular weight is 391 g/mol. The lowest BCUT2D eigenvalue weighted by Crippen LogP contribution is -2.50. The molecule has 0 atom stereocenters. The Balaban J connectivity index is 1.50. The molecular weight excluding hydrogens is 371 g/mol. The third-order valence-corrected chi connectivity index (χ3v) is 5.15. The molecule has 4 nitrogen and oxygen atoms in total. The second kappa shape index (κ2) is 8.56. The van der Waals surface area contributed by atoms with Gasteiger partial charge in [0.2, 0.25) is 5.91 Å². The van der Waals surface area contributed by atoms with E-state index in [2.05, 4.69) is 0 Å². The maximum atomic E-state index is 12.4. The molecular formula is C20H20Cl2N2O2. The van der Waals surface area contributed by atoms with Crippen molar-refractivity contribution in [2.24, 2.45) is 0 Å². The molecule has 0 aromatic heterocycles. The van der Waals surface area contributed by atoms with Crippen LogP contribution in [0.15, 0.2) is 48.5 Å². The van der Waals surface area contributed by atoms with Crippen LogP contribution in [0.2, 0.25) is 10.0 Å². The highest BCUT2D eigenvalue weighted by Gasteiger charge is 2.24. The van der Waals surface area contributed by atoms with Gasteiger partial charge in [0.25, 0.3) is 5.91 Å². The van der Waals surface area contributed by atoms with Crippen LogP contribution in [0.5, 0.6) is 0 Å². The summed E-state index contributed by atoms with van der Waals surface area (Å²) in [5, 5.41) is 1.17. The molecule has 1 saturated heterocycles. The number of aryl methyl sites for hydroxylation is 1. The van der Waals surface area contributed by atoms with E-state index in [1.54, 1.807) is 17.0 Å². The Labute approximate surface area is 163 Å². The number of carbonyl (C=O) groups excluding carboxylic acids is 2. The fourth-order valence-corrected chi connectivity index (χ4v) is 3.55. The number of hydrogen-bond acceptors (Lipinski definition) is 2. The highest BCUT2D eigenvalue weighted by atomic mass is 35.5. The van der Waals surface area contributed by atoms with E-state index >= 15 is 0 Å². The molecule has 0 aliphatic carbocycles. The Hall–Kier alpha value is -2.04. The molecule has 0 bridgehead atoms. The molecule has 1 heterocycles. The van der Waals surface area contributed by atoms with Gasteiger partial charge in [-0.3, -0.25) is 9.59 Å². The van der Waals surface area contributed by atoms with Crippen molar-refractivity contribution in [2.75, 3.05) is 26.2 Å². The number of hydrogen-bond donors (Lipinski definition) is 0. The molecule has 1 aliphatic heterocycles. The lowest BCUT2D eigenvalue weighted by atomic mass is 10.1. The summed E-state index contributed by atoms with van der Waals surface area (Å²) in [4.78, 5) is 28.5. The zero-order valence-electron chi connectivity index (χ0n) is 14.3. The maximum absolute atomic E-state index is 12.4. The molecule has 26 heavy (non-hydrogen) atoms. The molecule has 2 aromatic carbocycles. The van der Waals surface area contributed by atoms with Crippen molar-refractivity contribution >= 4 is 35.0 Å². The van der Waals surface area contributed by atoms with Crippen molar-refractivity contribution in [3.8, 4) is 0 Å². The van der Waals surface area contributed by atoms with Crippen LogP contribution in [0.3, 0.4) is 0 Å². The smallest absolute Gasteiger partial charge is 0.253 e. The van der Waals surface area contributed by atoms with Crippen LogP contribution in [-0.2, 0) is 11.2 Å². The van der Waals surface area contributed by atoms with E-state index in [0.29, 0.717) is 54.6 Å². The minimum absolute atomic E-state index is 0.0191. The van der Waals surface area contributed by atoms with Gasteiger partial charge >= 0.3 is 0 Å². The van der Waals surface area contributed by atoms with Crippen molar-refractivity contribution in [3.05, 3.63) is 69.7 Å². The molecule has 3 rings (SSSR count). The second-order valence-electron chi connectivity index (χ2n) is 6.27. The van der Waals surface area contributed by atoms with Gasteiger partial charge in [0, 0.05) is 48.2 Å². The van der Waals surface area contributed by atoms with E-state index in [1.165, 1.54) is 0 Å².